The summed E-state index contributed by atoms with van der Waals surface area (Å²) in [5, 5.41) is 11.8. The number of rotatable bonds is 9. The Balaban J connectivity index is 1.18. The summed E-state index contributed by atoms with van der Waals surface area (Å²) < 4.78 is 6.75. The van der Waals surface area contributed by atoms with E-state index in [0.29, 0.717) is 29.1 Å². The van der Waals surface area contributed by atoms with E-state index >= 15 is 0 Å². The Hall–Kier alpha value is -3.93. The maximum atomic E-state index is 12.9. The third-order valence-corrected chi connectivity index (χ3v) is 9.37. The van der Waals surface area contributed by atoms with Crippen molar-refractivity contribution >= 4 is 56.3 Å². The minimum atomic E-state index is -0.133. The second kappa shape index (κ2) is 13.4. The molecule has 2 fully saturated rings. The van der Waals surface area contributed by atoms with Gasteiger partial charge < -0.3 is 30.5 Å². The number of aromatic nitrogens is 2. The molecule has 3 N–H and O–H groups in total. The van der Waals surface area contributed by atoms with E-state index in [9.17, 15) is 4.79 Å². The lowest BCUT2D eigenvalue weighted by Gasteiger charge is -2.42. The highest BCUT2D eigenvalue weighted by Gasteiger charge is 2.27. The summed E-state index contributed by atoms with van der Waals surface area (Å²) in [4.78, 5) is 30.1. The molecule has 2 aromatic heterocycles. The van der Waals surface area contributed by atoms with Gasteiger partial charge in [-0.3, -0.25) is 9.69 Å². The Labute approximate surface area is 263 Å². The Kier molecular flexibility index (Phi) is 9.15. The molecule has 0 unspecified atom stereocenters. The standard InChI is InChI=1S/C33H42N8O2S/c1-22(2)34-32(42)25-7-5-6-8-26(25)35-31-30-28(13-20-44-30)37-33(38-31)36-27-10-9-24(21-29(27)43-4)40-14-11-23(12-15-40)41-18-16-39(3)17-19-41/h5-10,13,20-23H,11-12,14-19H2,1-4H3,(H,34,42)(H2,35,36,37,38). The smallest absolute Gasteiger partial charge is 0.253 e. The number of thiophene rings is 1. The van der Waals surface area contributed by atoms with E-state index in [1.165, 1.54) is 25.9 Å². The number of para-hydroxylation sites is 1. The van der Waals surface area contributed by atoms with Crippen molar-refractivity contribution in [3.63, 3.8) is 0 Å². The van der Waals surface area contributed by atoms with Crippen molar-refractivity contribution in [3.05, 3.63) is 59.5 Å². The van der Waals surface area contributed by atoms with Gasteiger partial charge in [0.1, 0.15) is 5.75 Å². The molecule has 0 atom stereocenters. The SMILES string of the molecule is COc1cc(N2CCC(N3CCN(C)CC3)CC2)ccc1Nc1nc(Nc2ccccc2C(=O)NC(C)C)c2sccc2n1. The van der Waals surface area contributed by atoms with E-state index in [1.54, 1.807) is 18.4 Å². The number of hydrogen-bond acceptors (Lipinski definition) is 10. The topological polar surface area (TPSA) is 97.9 Å². The van der Waals surface area contributed by atoms with Crippen molar-refractivity contribution in [2.24, 2.45) is 0 Å². The van der Waals surface area contributed by atoms with E-state index in [2.05, 4.69) is 49.8 Å². The first-order valence-electron chi connectivity index (χ1n) is 15.4. The summed E-state index contributed by atoms with van der Waals surface area (Å²) in [5.41, 5.74) is 4.02. The molecule has 0 aliphatic carbocycles. The fourth-order valence-corrected chi connectivity index (χ4v) is 6.81. The van der Waals surface area contributed by atoms with Gasteiger partial charge in [-0.05, 0) is 69.4 Å². The van der Waals surface area contributed by atoms with Crippen molar-refractivity contribution in [1.29, 1.82) is 0 Å². The van der Waals surface area contributed by atoms with Crippen LogP contribution in [0.4, 0.5) is 28.8 Å². The quantitative estimate of drug-likeness (QED) is 0.225. The first kappa shape index (κ1) is 30.1. The van der Waals surface area contributed by atoms with Gasteiger partial charge >= 0.3 is 0 Å². The summed E-state index contributed by atoms with van der Waals surface area (Å²) in [5.74, 6) is 1.69. The van der Waals surface area contributed by atoms with E-state index in [-0.39, 0.29) is 11.9 Å². The number of amides is 1. The van der Waals surface area contributed by atoms with E-state index in [1.807, 2.05) is 55.6 Å². The van der Waals surface area contributed by atoms with Crippen LogP contribution in [0, 0.1) is 0 Å². The monoisotopic (exact) mass is 614 g/mol. The third kappa shape index (κ3) is 6.74. The zero-order chi connectivity index (χ0) is 30.6. The first-order valence-corrected chi connectivity index (χ1v) is 16.3. The summed E-state index contributed by atoms with van der Waals surface area (Å²) in [6.07, 6.45) is 2.36. The number of piperazine rings is 1. The van der Waals surface area contributed by atoms with Crippen LogP contribution in [0.25, 0.3) is 10.2 Å². The number of nitrogens with zero attached hydrogens (tertiary/aromatic N) is 5. The zero-order valence-corrected chi connectivity index (χ0v) is 26.8. The molecule has 2 saturated heterocycles. The molecule has 2 aliphatic heterocycles. The number of ether oxygens (including phenoxy) is 1. The molecule has 0 saturated carbocycles. The first-order chi connectivity index (χ1) is 21.4. The van der Waals surface area contributed by atoms with Crippen molar-refractivity contribution in [2.45, 2.75) is 38.8 Å². The molecular weight excluding hydrogens is 572 g/mol. The minimum absolute atomic E-state index is 0.0321. The van der Waals surface area contributed by atoms with Crippen molar-refractivity contribution in [1.82, 2.24) is 25.1 Å². The predicted octanol–water partition coefficient (Wildman–Crippen LogP) is 5.54. The molecule has 10 nitrogen and oxygen atoms in total. The highest BCUT2D eigenvalue weighted by atomic mass is 32.1. The van der Waals surface area contributed by atoms with Crippen LogP contribution in [0.3, 0.4) is 0 Å². The summed E-state index contributed by atoms with van der Waals surface area (Å²) in [6, 6.07) is 16.4. The molecule has 4 aromatic rings. The largest absolute Gasteiger partial charge is 0.494 e. The molecule has 1 amide bonds. The van der Waals surface area contributed by atoms with Gasteiger partial charge in [0.05, 0.1) is 34.3 Å². The van der Waals surface area contributed by atoms with E-state index in [0.717, 1.165) is 53.5 Å². The van der Waals surface area contributed by atoms with Crippen molar-refractivity contribution < 1.29 is 9.53 Å². The second-order valence-corrected chi connectivity index (χ2v) is 12.8. The summed E-state index contributed by atoms with van der Waals surface area (Å²) in [6.45, 7) is 10.6. The van der Waals surface area contributed by atoms with Gasteiger partial charge in [-0.1, -0.05) is 12.1 Å². The molecule has 4 heterocycles. The molecule has 6 rings (SSSR count). The van der Waals surface area contributed by atoms with Gasteiger partial charge in [0.25, 0.3) is 5.91 Å². The Morgan fingerprint density at radius 2 is 1.73 bits per heavy atom. The van der Waals surface area contributed by atoms with Crippen molar-refractivity contribution in [3.8, 4) is 5.75 Å². The number of carbonyl (C=O) groups is 1. The minimum Gasteiger partial charge on any atom is -0.494 e. The van der Waals surface area contributed by atoms with Gasteiger partial charge in [0, 0.05) is 63.1 Å². The number of hydrogen-bond donors (Lipinski definition) is 3. The van der Waals surface area contributed by atoms with Crippen LogP contribution in [0.2, 0.25) is 0 Å². The Morgan fingerprint density at radius 3 is 2.48 bits per heavy atom. The number of anilines is 5. The Bertz CT molecular complexity index is 1590. The Morgan fingerprint density at radius 1 is 0.955 bits per heavy atom. The number of likely N-dealkylation sites (N-methyl/N-ethyl adjacent to an activating group) is 1. The number of nitrogens with one attached hydrogen (secondary N) is 3. The fourth-order valence-electron chi connectivity index (χ4n) is 6.04. The van der Waals surface area contributed by atoms with Crippen LogP contribution in [0.1, 0.15) is 37.0 Å². The molecule has 2 aliphatic rings. The predicted molar refractivity (Wildman–Crippen MR) is 180 cm³/mol. The highest BCUT2D eigenvalue weighted by molar-refractivity contribution is 7.17. The van der Waals surface area contributed by atoms with Crippen LogP contribution in [0.5, 0.6) is 5.75 Å². The maximum Gasteiger partial charge on any atom is 0.253 e. The number of piperidine rings is 1. The van der Waals surface area contributed by atoms with E-state index < -0.39 is 0 Å². The number of carbonyl (C=O) groups excluding carboxylic acids is 1. The molecule has 0 bridgehead atoms. The number of benzene rings is 2. The van der Waals surface area contributed by atoms with Crippen LogP contribution >= 0.6 is 11.3 Å². The molecule has 232 valence electrons. The molecule has 0 spiro atoms. The molecule has 44 heavy (non-hydrogen) atoms. The maximum absolute atomic E-state index is 12.9. The van der Waals surface area contributed by atoms with Gasteiger partial charge in [0.15, 0.2) is 5.82 Å². The van der Waals surface area contributed by atoms with Crippen LogP contribution in [-0.2, 0) is 0 Å². The number of fused-ring (bicyclic) bond motifs is 1. The third-order valence-electron chi connectivity index (χ3n) is 8.46. The summed E-state index contributed by atoms with van der Waals surface area (Å²) in [7, 11) is 3.91. The van der Waals surface area contributed by atoms with Crippen molar-refractivity contribution in [2.75, 3.05) is 69.0 Å². The summed E-state index contributed by atoms with van der Waals surface area (Å²) >= 11 is 1.56. The average Bonchev–Trinajstić information content (AvgIpc) is 3.51. The molecule has 11 heteroatoms. The van der Waals surface area contributed by atoms with E-state index in [4.69, 9.17) is 14.7 Å². The zero-order valence-electron chi connectivity index (χ0n) is 26.0. The average molecular weight is 615 g/mol. The highest BCUT2D eigenvalue weighted by Crippen LogP contribution is 2.35. The van der Waals surface area contributed by atoms with Crippen LogP contribution in [0.15, 0.2) is 53.9 Å². The van der Waals surface area contributed by atoms with Crippen LogP contribution < -0.4 is 25.6 Å². The lowest BCUT2D eigenvalue weighted by atomic mass is 10.0. The lowest BCUT2D eigenvalue weighted by Crippen LogP contribution is -2.52. The van der Waals surface area contributed by atoms with Gasteiger partial charge in [-0.2, -0.15) is 4.98 Å². The van der Waals surface area contributed by atoms with Crippen LogP contribution in [-0.4, -0.2) is 91.2 Å². The molecular formula is C33H42N8O2S. The lowest BCUT2D eigenvalue weighted by molar-refractivity contribution is 0.0944. The second-order valence-electron chi connectivity index (χ2n) is 11.9. The molecule has 2 aromatic carbocycles. The van der Waals surface area contributed by atoms with Gasteiger partial charge in [-0.15, -0.1) is 11.3 Å². The van der Waals surface area contributed by atoms with Gasteiger partial charge in [0.2, 0.25) is 5.95 Å². The normalized spacial score (nSPS) is 16.8. The fraction of sp³-hybridized carbons (Fsp3) is 0.424. The molecule has 0 radical (unpaired) electrons. The number of methoxy groups -OCH3 is 1. The van der Waals surface area contributed by atoms with Gasteiger partial charge in [-0.25, -0.2) is 4.98 Å².